The Hall–Kier alpha value is -2.85. The van der Waals surface area contributed by atoms with Gasteiger partial charge in [0.15, 0.2) is 0 Å². The number of halogens is 6. The quantitative estimate of drug-likeness (QED) is 0.106. The molecule has 2 atom stereocenters. The summed E-state index contributed by atoms with van der Waals surface area (Å²) < 4.78 is 85.2. The van der Waals surface area contributed by atoms with Gasteiger partial charge in [-0.25, -0.2) is 13.6 Å². The van der Waals surface area contributed by atoms with Gasteiger partial charge in [0, 0.05) is 66.0 Å². The third-order valence-electron chi connectivity index (χ3n) is 7.41. The Morgan fingerprint density at radius 3 is 2.59 bits per heavy atom. The molecule has 0 saturated carbocycles. The van der Waals surface area contributed by atoms with Gasteiger partial charge >= 0.3 is 11.9 Å². The lowest BCUT2D eigenvalue weighted by molar-refractivity contribution is -0.137. The van der Waals surface area contributed by atoms with E-state index in [1.54, 1.807) is 16.7 Å². The molecule has 0 radical (unpaired) electrons. The minimum atomic E-state index is -4.98. The largest absolute Gasteiger partial charge is 0.417 e. The molecule has 2 aliphatic rings. The second-order valence-electron chi connectivity index (χ2n) is 10.1. The van der Waals surface area contributed by atoms with Gasteiger partial charge < -0.3 is 19.3 Å². The van der Waals surface area contributed by atoms with Crippen LogP contribution < -0.4 is 10.6 Å². The number of anilines is 1. The molecule has 0 bridgehead atoms. The number of aromatic nitrogens is 2. The molecule has 8 nitrogen and oxygen atoms in total. The zero-order valence-corrected chi connectivity index (χ0v) is 26.1. The van der Waals surface area contributed by atoms with Gasteiger partial charge in [-0.1, -0.05) is 18.2 Å². The summed E-state index contributed by atoms with van der Waals surface area (Å²) in [5.41, 5.74) is -2.94. The van der Waals surface area contributed by atoms with E-state index < -0.39 is 57.3 Å². The van der Waals surface area contributed by atoms with Crippen molar-refractivity contribution in [1.82, 2.24) is 14.5 Å². The van der Waals surface area contributed by atoms with Gasteiger partial charge in [-0.15, -0.1) is 11.8 Å². The number of methoxy groups -OCH3 is 1. The molecule has 1 saturated heterocycles. The Bertz CT molecular complexity index is 1670. The molecule has 5 rings (SSSR count). The number of alkyl halides is 3. The van der Waals surface area contributed by atoms with Gasteiger partial charge in [0.2, 0.25) is 5.91 Å². The van der Waals surface area contributed by atoms with Gasteiger partial charge in [0.1, 0.15) is 24.2 Å². The number of hydrogen-bond acceptors (Lipinski definition) is 7. The lowest BCUT2D eigenvalue weighted by atomic mass is 9.95. The molecule has 238 valence electrons. The van der Waals surface area contributed by atoms with Crippen molar-refractivity contribution >= 4 is 59.5 Å². The molecular formula is C28H28ClF5N4O4S2. The van der Waals surface area contributed by atoms with Gasteiger partial charge in [0.05, 0.1) is 28.8 Å². The monoisotopic (exact) mass is 678 g/mol. The number of rotatable bonds is 7. The predicted molar refractivity (Wildman–Crippen MR) is 163 cm³/mol. The van der Waals surface area contributed by atoms with E-state index in [0.29, 0.717) is 6.07 Å². The van der Waals surface area contributed by atoms with Crippen molar-refractivity contribution in [3.8, 4) is 11.1 Å². The van der Waals surface area contributed by atoms with Gasteiger partial charge in [-0.3, -0.25) is 9.36 Å². The van der Waals surface area contributed by atoms with Crippen molar-refractivity contribution in [2.75, 3.05) is 50.8 Å². The number of carbonyl (C=O) groups is 1. The van der Waals surface area contributed by atoms with E-state index in [1.165, 1.54) is 17.8 Å². The van der Waals surface area contributed by atoms with E-state index in [9.17, 15) is 27.2 Å². The highest BCUT2D eigenvalue weighted by molar-refractivity contribution is 7.99. The Kier molecular flexibility index (Phi) is 10.2. The highest BCUT2D eigenvalue weighted by Crippen LogP contribution is 2.50. The van der Waals surface area contributed by atoms with Crippen molar-refractivity contribution in [3.63, 3.8) is 0 Å². The van der Waals surface area contributed by atoms with Crippen LogP contribution in [0, 0.1) is 11.6 Å². The maximum Gasteiger partial charge on any atom is 0.417 e. The molecule has 3 aromatic rings. The molecule has 2 aliphatic heterocycles. The summed E-state index contributed by atoms with van der Waals surface area (Å²) in [6.45, 7) is 5.79. The van der Waals surface area contributed by atoms with Crippen LogP contribution in [0.25, 0.3) is 22.0 Å². The highest BCUT2D eigenvalue weighted by atomic mass is 35.5. The molecule has 0 N–H and O–H groups in total. The molecule has 0 aliphatic carbocycles. The average molecular weight is 679 g/mol. The molecule has 0 unspecified atom stereocenters. The number of piperazine rings is 1. The van der Waals surface area contributed by atoms with Crippen molar-refractivity contribution in [2.24, 2.45) is 0 Å². The van der Waals surface area contributed by atoms with Crippen molar-refractivity contribution < 1.29 is 36.2 Å². The molecule has 2 aromatic carbocycles. The second-order valence-corrected chi connectivity index (χ2v) is 11.6. The fourth-order valence-electron chi connectivity index (χ4n) is 5.51. The van der Waals surface area contributed by atoms with E-state index in [1.807, 2.05) is 0 Å². The maximum absolute atomic E-state index is 15.2. The minimum Gasteiger partial charge on any atom is -0.359 e. The Balaban J connectivity index is 0.00000442. The maximum atomic E-state index is 15.2. The van der Waals surface area contributed by atoms with Crippen LogP contribution in [0.2, 0.25) is 5.02 Å². The lowest BCUT2D eigenvalue weighted by Gasteiger charge is -2.41. The van der Waals surface area contributed by atoms with Crippen LogP contribution in [-0.2, 0) is 20.4 Å². The van der Waals surface area contributed by atoms with Crippen LogP contribution in [0.5, 0.6) is 0 Å². The molecule has 1 fully saturated rings. The normalized spacial score (nSPS) is 18.4. The summed E-state index contributed by atoms with van der Waals surface area (Å²) in [6.07, 6.45) is -3.80. The van der Waals surface area contributed by atoms with Crippen LogP contribution in [0.4, 0.5) is 27.8 Å². The van der Waals surface area contributed by atoms with Gasteiger partial charge in [-0.2, -0.15) is 31.7 Å². The number of ether oxygens (including phenoxy) is 2. The Morgan fingerprint density at radius 2 is 1.95 bits per heavy atom. The third-order valence-corrected chi connectivity index (χ3v) is 8.94. The first-order valence-corrected chi connectivity index (χ1v) is 14.5. The SMILES string of the molecule is C=CC(=O)N1CCN(c2nc(=O)n3c4c(c(-c5cc(Cl)c(F)cc5F)c(C(F)(F)F)cc24)SC[C@@H]3COCOC)[C@@H](C)C1.S. The fourth-order valence-corrected chi connectivity index (χ4v) is 6.98. The minimum absolute atomic E-state index is 0. The number of thioether (sulfide) groups is 1. The first kappa shape index (κ1) is 34.0. The van der Waals surface area contributed by atoms with Crippen molar-refractivity contribution in [2.45, 2.75) is 30.1 Å². The lowest BCUT2D eigenvalue weighted by Crippen LogP contribution is -2.54. The highest BCUT2D eigenvalue weighted by Gasteiger charge is 2.40. The van der Waals surface area contributed by atoms with Gasteiger partial charge in [-0.05, 0) is 25.1 Å². The summed E-state index contributed by atoms with van der Waals surface area (Å²) >= 11 is 6.90. The summed E-state index contributed by atoms with van der Waals surface area (Å²) in [5.74, 6) is -2.56. The molecule has 1 aromatic heterocycles. The molecule has 16 heteroatoms. The summed E-state index contributed by atoms with van der Waals surface area (Å²) in [4.78, 5) is 33.3. The number of benzene rings is 2. The first-order chi connectivity index (χ1) is 20.4. The number of amides is 1. The second kappa shape index (κ2) is 13.3. The zero-order chi connectivity index (χ0) is 31.2. The Labute approximate surface area is 265 Å². The number of carbonyl (C=O) groups excluding carboxylic acids is 1. The number of hydrogen-bond donors (Lipinski definition) is 0. The molecule has 3 heterocycles. The van der Waals surface area contributed by atoms with Crippen LogP contribution in [-0.4, -0.2) is 72.3 Å². The molecule has 1 amide bonds. The standard InChI is InChI=1S/C28H26ClF5N4O4S.H2S/c1-4-22(39)36-5-6-37(14(2)10-36)26-17-7-18(28(32,33)34)23(16-8-19(29)21(31)9-20(16)30)25-24(17)38(27(40)35-26)15(12-43-25)11-42-13-41-3;/h4,7-9,14-15H,1,5-6,10-13H2,2-3H3;1H2/t14-,15-;/m0./s1. The molecule has 0 spiro atoms. The third kappa shape index (κ3) is 6.16. The smallest absolute Gasteiger partial charge is 0.359 e. The molecule has 44 heavy (non-hydrogen) atoms. The van der Waals surface area contributed by atoms with Crippen molar-refractivity contribution in [1.29, 1.82) is 0 Å². The average Bonchev–Trinajstić information content (AvgIpc) is 2.96. The summed E-state index contributed by atoms with van der Waals surface area (Å²) in [7, 11) is 1.42. The number of nitrogens with zero attached hydrogens (tertiary/aromatic N) is 4. The summed E-state index contributed by atoms with van der Waals surface area (Å²) in [5, 5.41) is -0.546. The van der Waals surface area contributed by atoms with Crippen LogP contribution in [0.15, 0.2) is 40.5 Å². The van der Waals surface area contributed by atoms with E-state index >= 15 is 4.39 Å². The van der Waals surface area contributed by atoms with E-state index in [0.717, 1.165) is 23.9 Å². The summed E-state index contributed by atoms with van der Waals surface area (Å²) in [6, 6.07) is 1.02. The van der Waals surface area contributed by atoms with E-state index in [4.69, 9.17) is 21.1 Å². The van der Waals surface area contributed by atoms with Crippen molar-refractivity contribution in [3.05, 3.63) is 63.6 Å². The van der Waals surface area contributed by atoms with Crippen LogP contribution in [0.3, 0.4) is 0 Å². The van der Waals surface area contributed by atoms with E-state index in [-0.39, 0.29) is 79.8 Å². The zero-order valence-electron chi connectivity index (χ0n) is 23.5. The van der Waals surface area contributed by atoms with Crippen LogP contribution >= 0.6 is 36.9 Å². The van der Waals surface area contributed by atoms with E-state index in [2.05, 4.69) is 11.6 Å². The first-order valence-electron chi connectivity index (χ1n) is 13.1. The van der Waals surface area contributed by atoms with Crippen LogP contribution in [0.1, 0.15) is 18.5 Å². The Morgan fingerprint density at radius 1 is 1.23 bits per heavy atom. The van der Waals surface area contributed by atoms with Gasteiger partial charge in [0.25, 0.3) is 0 Å². The topological polar surface area (TPSA) is 76.9 Å². The fraction of sp³-hybridized carbons (Fsp3) is 0.393. The molecular weight excluding hydrogens is 651 g/mol. The predicted octanol–water partition coefficient (Wildman–Crippen LogP) is 5.62.